The molecule has 1 amide bonds. The number of nitrogens with one attached hydrogen (secondary N) is 2. The molecule has 2 aliphatic heterocycles. The normalized spacial score (nSPS) is 18.2. The van der Waals surface area contributed by atoms with Crippen LogP contribution >= 0.6 is 11.3 Å². The third-order valence-electron chi connectivity index (χ3n) is 6.87. The summed E-state index contributed by atoms with van der Waals surface area (Å²) >= 11 is 1.51. The van der Waals surface area contributed by atoms with Crippen LogP contribution in [0.2, 0.25) is 0 Å². The number of piperidine rings is 1. The maximum Gasteiger partial charge on any atom is 0.276 e. The topological polar surface area (TPSA) is 85.1 Å². The zero-order valence-corrected chi connectivity index (χ0v) is 18.6. The van der Waals surface area contributed by atoms with Crippen LogP contribution in [-0.4, -0.2) is 62.9 Å². The molecule has 0 bridgehead atoms. The van der Waals surface area contributed by atoms with Gasteiger partial charge in [0.1, 0.15) is 0 Å². The van der Waals surface area contributed by atoms with E-state index in [1.807, 2.05) is 39.9 Å². The molecule has 3 aromatic heterocycles. The quantitative estimate of drug-likeness (QED) is 0.500. The van der Waals surface area contributed by atoms with Gasteiger partial charge in [-0.2, -0.15) is 0 Å². The van der Waals surface area contributed by atoms with Crippen molar-refractivity contribution in [1.29, 1.82) is 0 Å². The smallest absolute Gasteiger partial charge is 0.276 e. The van der Waals surface area contributed by atoms with Gasteiger partial charge in [0.05, 0.1) is 16.7 Å². The second kappa shape index (κ2) is 7.86. The number of amides is 1. The van der Waals surface area contributed by atoms with E-state index >= 15 is 0 Å². The summed E-state index contributed by atoms with van der Waals surface area (Å²) < 4.78 is 0. The molecule has 0 spiro atoms. The number of hydrogen-bond donors (Lipinski definition) is 2. The Labute approximate surface area is 189 Å². The molecule has 0 aliphatic carbocycles. The molecule has 2 saturated heterocycles. The molecule has 2 aliphatic rings. The maximum atomic E-state index is 13.2. The van der Waals surface area contributed by atoms with E-state index in [0.29, 0.717) is 23.0 Å². The molecule has 2 fully saturated rings. The maximum absolute atomic E-state index is 13.2. The van der Waals surface area contributed by atoms with Gasteiger partial charge >= 0.3 is 0 Å². The van der Waals surface area contributed by atoms with Crippen molar-refractivity contribution in [2.75, 3.05) is 26.2 Å². The Morgan fingerprint density at radius 3 is 2.62 bits per heavy atom. The minimum Gasteiger partial charge on any atom is -0.353 e. The number of H-pyrrole nitrogens is 2. The van der Waals surface area contributed by atoms with Crippen LogP contribution in [0.25, 0.3) is 33.3 Å². The van der Waals surface area contributed by atoms with Crippen LogP contribution in [0.15, 0.2) is 39.8 Å². The van der Waals surface area contributed by atoms with E-state index in [-0.39, 0.29) is 11.5 Å². The Bertz CT molecular complexity index is 1360. The van der Waals surface area contributed by atoms with Gasteiger partial charge in [0.15, 0.2) is 5.69 Å². The SMILES string of the molecule is O=C(c1ccc2[nH]c(-c3nc4cscc4[nH]c3=O)cc2c1)N1CCC(N2CCCC2)CC1. The molecule has 8 heteroatoms. The van der Waals surface area contributed by atoms with E-state index < -0.39 is 0 Å². The molecule has 0 atom stereocenters. The summed E-state index contributed by atoms with van der Waals surface area (Å²) in [7, 11) is 0. The molecule has 2 N–H and O–H groups in total. The summed E-state index contributed by atoms with van der Waals surface area (Å²) in [6.45, 7) is 4.05. The highest BCUT2D eigenvalue weighted by Gasteiger charge is 2.28. The van der Waals surface area contributed by atoms with Crippen molar-refractivity contribution in [2.45, 2.75) is 31.7 Å². The third kappa shape index (κ3) is 3.43. The number of rotatable bonds is 3. The lowest BCUT2D eigenvalue weighted by atomic mass is 10.0. The molecule has 1 aromatic carbocycles. The molecule has 5 heterocycles. The fourth-order valence-electron chi connectivity index (χ4n) is 5.12. The number of fused-ring (bicyclic) bond motifs is 2. The van der Waals surface area contributed by atoms with Gasteiger partial charge in [0.25, 0.3) is 11.5 Å². The minimum absolute atomic E-state index is 0.0881. The highest BCUT2D eigenvalue weighted by Crippen LogP contribution is 2.26. The number of carbonyl (C=O) groups is 1. The summed E-state index contributed by atoms with van der Waals surface area (Å²) in [5.74, 6) is 0.0881. The minimum atomic E-state index is -0.223. The first-order chi connectivity index (χ1) is 15.7. The van der Waals surface area contributed by atoms with Crippen molar-refractivity contribution in [3.8, 4) is 11.4 Å². The fraction of sp³-hybridized carbons (Fsp3) is 0.375. The second-order valence-electron chi connectivity index (χ2n) is 8.84. The Morgan fingerprint density at radius 1 is 1.00 bits per heavy atom. The van der Waals surface area contributed by atoms with Crippen LogP contribution in [0.3, 0.4) is 0 Å². The van der Waals surface area contributed by atoms with Gasteiger partial charge in [0, 0.05) is 46.4 Å². The molecule has 0 saturated carbocycles. The summed E-state index contributed by atoms with van der Waals surface area (Å²) in [6.07, 6.45) is 4.73. The van der Waals surface area contributed by atoms with Gasteiger partial charge in [-0.25, -0.2) is 4.98 Å². The lowest BCUT2D eigenvalue weighted by molar-refractivity contribution is 0.0644. The van der Waals surface area contributed by atoms with Gasteiger partial charge < -0.3 is 19.8 Å². The predicted octanol–water partition coefficient (Wildman–Crippen LogP) is 3.83. The standard InChI is InChI=1S/C24H25N5O2S/c30-23-22(26-20-13-32-14-21(20)27-23)19-12-16-11-15(3-4-18(16)25-19)24(31)29-9-5-17(6-10-29)28-7-1-2-8-28/h3-4,11-14,17,25H,1-2,5-10H2,(H,27,30). The van der Waals surface area contributed by atoms with Crippen LogP contribution in [-0.2, 0) is 0 Å². The van der Waals surface area contributed by atoms with E-state index in [4.69, 9.17) is 0 Å². The average Bonchev–Trinajstić information content (AvgIpc) is 3.58. The molecule has 0 unspecified atom stereocenters. The van der Waals surface area contributed by atoms with Crippen LogP contribution in [0.4, 0.5) is 0 Å². The molecular formula is C24H25N5O2S. The first-order valence-corrected chi connectivity index (χ1v) is 12.2. The van der Waals surface area contributed by atoms with Gasteiger partial charge in [-0.05, 0) is 63.0 Å². The second-order valence-corrected chi connectivity index (χ2v) is 9.58. The van der Waals surface area contributed by atoms with Crippen LogP contribution in [0, 0.1) is 0 Å². The highest BCUT2D eigenvalue weighted by atomic mass is 32.1. The lowest BCUT2D eigenvalue weighted by Gasteiger charge is -2.36. The van der Waals surface area contributed by atoms with Crippen LogP contribution in [0.1, 0.15) is 36.0 Å². The number of likely N-dealkylation sites (tertiary alicyclic amines) is 2. The Morgan fingerprint density at radius 2 is 1.81 bits per heavy atom. The van der Waals surface area contributed by atoms with Crippen molar-refractivity contribution in [1.82, 2.24) is 24.8 Å². The lowest BCUT2D eigenvalue weighted by Crippen LogP contribution is -2.45. The first kappa shape index (κ1) is 19.7. The molecule has 164 valence electrons. The van der Waals surface area contributed by atoms with Gasteiger partial charge in [-0.15, -0.1) is 11.3 Å². The summed E-state index contributed by atoms with van der Waals surface area (Å²) in [5, 5.41) is 4.70. The van der Waals surface area contributed by atoms with Gasteiger partial charge in [-0.1, -0.05) is 0 Å². The zero-order chi connectivity index (χ0) is 21.7. The molecule has 4 aromatic rings. The van der Waals surface area contributed by atoms with Crippen molar-refractivity contribution in [3.05, 3.63) is 50.9 Å². The zero-order valence-electron chi connectivity index (χ0n) is 17.8. The van der Waals surface area contributed by atoms with E-state index in [1.54, 1.807) is 0 Å². The van der Waals surface area contributed by atoms with Gasteiger partial charge in [0.2, 0.25) is 0 Å². The monoisotopic (exact) mass is 447 g/mol. The number of nitrogens with zero attached hydrogens (tertiary/aromatic N) is 3. The van der Waals surface area contributed by atoms with E-state index in [2.05, 4.69) is 19.9 Å². The number of carbonyl (C=O) groups excluding carboxylic acids is 1. The number of hydrogen-bond acceptors (Lipinski definition) is 5. The van der Waals surface area contributed by atoms with E-state index in [0.717, 1.165) is 47.9 Å². The number of aromatic nitrogens is 3. The van der Waals surface area contributed by atoms with Crippen LogP contribution < -0.4 is 5.56 Å². The predicted molar refractivity (Wildman–Crippen MR) is 127 cm³/mol. The van der Waals surface area contributed by atoms with Crippen molar-refractivity contribution in [3.63, 3.8) is 0 Å². The Balaban J connectivity index is 1.23. The Kier molecular flexibility index (Phi) is 4.84. The molecule has 32 heavy (non-hydrogen) atoms. The van der Waals surface area contributed by atoms with Crippen LogP contribution in [0.5, 0.6) is 0 Å². The highest BCUT2D eigenvalue weighted by molar-refractivity contribution is 7.09. The summed E-state index contributed by atoms with van der Waals surface area (Å²) in [6, 6.07) is 8.24. The van der Waals surface area contributed by atoms with E-state index in [1.165, 1.54) is 37.3 Å². The first-order valence-electron chi connectivity index (χ1n) is 11.3. The molecular weight excluding hydrogens is 422 g/mol. The summed E-state index contributed by atoms with van der Waals surface area (Å²) in [4.78, 5) is 40.9. The van der Waals surface area contributed by atoms with Gasteiger partial charge in [-0.3, -0.25) is 9.59 Å². The number of aromatic amines is 2. The largest absolute Gasteiger partial charge is 0.353 e. The Hall–Kier alpha value is -2.97. The molecule has 7 nitrogen and oxygen atoms in total. The van der Waals surface area contributed by atoms with Crippen molar-refractivity contribution in [2.24, 2.45) is 0 Å². The fourth-order valence-corrected chi connectivity index (χ4v) is 5.81. The average molecular weight is 448 g/mol. The van der Waals surface area contributed by atoms with Crippen molar-refractivity contribution >= 4 is 39.2 Å². The number of benzene rings is 1. The molecule has 6 rings (SSSR count). The third-order valence-corrected chi connectivity index (χ3v) is 7.60. The van der Waals surface area contributed by atoms with Crippen molar-refractivity contribution < 1.29 is 4.79 Å². The molecule has 0 radical (unpaired) electrons. The summed E-state index contributed by atoms with van der Waals surface area (Å²) in [5.41, 5.74) is 3.90. The number of thiophene rings is 1. The van der Waals surface area contributed by atoms with E-state index in [9.17, 15) is 9.59 Å².